The van der Waals surface area contributed by atoms with Crippen molar-refractivity contribution in [1.29, 1.82) is 0 Å². The molecule has 10 nitrogen and oxygen atoms in total. The number of pyridine rings is 1. The van der Waals surface area contributed by atoms with E-state index in [4.69, 9.17) is 4.98 Å². The fraction of sp³-hybridized carbons (Fsp3) is 0.393. The number of rotatable bonds is 8. The van der Waals surface area contributed by atoms with Crippen LogP contribution in [-0.2, 0) is 11.3 Å². The van der Waals surface area contributed by atoms with E-state index in [1.165, 1.54) is 36.5 Å². The Hall–Kier alpha value is -3.81. The summed E-state index contributed by atoms with van der Waals surface area (Å²) in [6.07, 6.45) is 1.80. The second kappa shape index (κ2) is 10.9. The number of thiazole rings is 1. The van der Waals surface area contributed by atoms with Gasteiger partial charge in [-0.15, -0.1) is 11.3 Å². The Morgan fingerprint density at radius 3 is 2.51 bits per heavy atom. The van der Waals surface area contributed by atoms with Crippen molar-refractivity contribution in [2.45, 2.75) is 69.9 Å². The van der Waals surface area contributed by atoms with Gasteiger partial charge >= 0.3 is 0 Å². The summed E-state index contributed by atoms with van der Waals surface area (Å²) in [6.45, 7) is 2.94. The van der Waals surface area contributed by atoms with E-state index < -0.39 is 35.9 Å². The van der Waals surface area contributed by atoms with Gasteiger partial charge in [0.15, 0.2) is 0 Å². The molecule has 5 N–H and O–H groups in total. The number of aromatic nitrogens is 4. The molecule has 0 bridgehead atoms. The lowest BCUT2D eigenvalue weighted by Crippen LogP contribution is -2.42. The van der Waals surface area contributed by atoms with Crippen LogP contribution in [0.15, 0.2) is 30.5 Å². The molecule has 1 amide bonds. The van der Waals surface area contributed by atoms with Crippen LogP contribution in [0, 0.1) is 18.6 Å². The molecule has 0 aliphatic heterocycles. The van der Waals surface area contributed by atoms with Gasteiger partial charge in [-0.05, 0) is 44.4 Å². The second-order valence-electron chi connectivity index (χ2n) is 10.5. The van der Waals surface area contributed by atoms with Gasteiger partial charge in [-0.2, -0.15) is 4.98 Å². The summed E-state index contributed by atoms with van der Waals surface area (Å²) in [5.41, 5.74) is 2.80. The molecule has 1 aromatic carbocycles. The predicted octanol–water partition coefficient (Wildman–Crippen LogP) is 3.64. The lowest BCUT2D eigenvalue weighted by Gasteiger charge is -2.21. The Morgan fingerprint density at radius 1 is 1.07 bits per heavy atom. The average molecular weight is 582 g/mol. The standard InChI is InChI=1S/C28H29F2N7O3S/c1-12-21(27-36-23-20(41-27)8-9-31-22(23)14-6-7-14)26(35-19-10-18(34-13(2)38)24(39)25(19)40)37-28(33-12)32-11-15-16(29)4-3-5-17(15)30/h3-5,8-9,14,18-19,24-25,39-40H,6-7,10-11H2,1-2H3,(H,34,38)(H2,32,33,35,37)/t18-,19+,24+,25-/m0/s1. The van der Waals surface area contributed by atoms with Crippen LogP contribution in [0.4, 0.5) is 20.5 Å². The maximum Gasteiger partial charge on any atom is 0.225 e. The second-order valence-corrected chi connectivity index (χ2v) is 11.6. The highest BCUT2D eigenvalue weighted by molar-refractivity contribution is 7.21. The molecule has 0 unspecified atom stereocenters. The van der Waals surface area contributed by atoms with Crippen LogP contribution >= 0.6 is 11.3 Å². The summed E-state index contributed by atoms with van der Waals surface area (Å²) >= 11 is 1.47. The summed E-state index contributed by atoms with van der Waals surface area (Å²) in [4.78, 5) is 30.3. The van der Waals surface area contributed by atoms with Crippen LogP contribution in [0.2, 0.25) is 0 Å². The topological polar surface area (TPSA) is 145 Å². The molecule has 4 aromatic rings. The van der Waals surface area contributed by atoms with Crippen molar-refractivity contribution < 1.29 is 23.8 Å². The fourth-order valence-electron chi connectivity index (χ4n) is 5.27. The van der Waals surface area contributed by atoms with E-state index in [0.29, 0.717) is 28.0 Å². The van der Waals surface area contributed by atoms with Crippen molar-refractivity contribution in [3.05, 3.63) is 59.0 Å². The Balaban J connectivity index is 1.38. The number of hydrogen-bond donors (Lipinski definition) is 5. The van der Waals surface area contributed by atoms with Gasteiger partial charge in [0, 0.05) is 31.1 Å². The van der Waals surface area contributed by atoms with E-state index in [2.05, 4.69) is 30.9 Å². The molecule has 2 saturated carbocycles. The van der Waals surface area contributed by atoms with Crippen LogP contribution < -0.4 is 16.0 Å². The first kappa shape index (κ1) is 27.4. The van der Waals surface area contributed by atoms with Crippen LogP contribution in [0.3, 0.4) is 0 Å². The molecule has 0 radical (unpaired) electrons. The fourth-order valence-corrected chi connectivity index (χ4v) is 6.34. The normalized spacial score (nSPS) is 22.2. The first-order chi connectivity index (χ1) is 19.7. The van der Waals surface area contributed by atoms with Crippen LogP contribution in [0.25, 0.3) is 20.8 Å². The molecule has 41 heavy (non-hydrogen) atoms. The molecule has 3 aromatic heterocycles. The minimum absolute atomic E-state index is 0.115. The Labute approximate surface area is 238 Å². The third-order valence-corrected chi connectivity index (χ3v) is 8.52. The monoisotopic (exact) mass is 581 g/mol. The number of halogens is 2. The molecule has 4 atom stereocenters. The third-order valence-electron chi connectivity index (χ3n) is 7.48. The van der Waals surface area contributed by atoms with Crippen molar-refractivity contribution in [2.24, 2.45) is 0 Å². The molecular formula is C28H29F2N7O3S. The van der Waals surface area contributed by atoms with Gasteiger partial charge in [0.25, 0.3) is 0 Å². The molecular weight excluding hydrogens is 552 g/mol. The Bertz CT molecular complexity index is 1610. The quantitative estimate of drug-likeness (QED) is 0.211. The zero-order chi connectivity index (χ0) is 28.8. The molecule has 3 heterocycles. The molecule has 13 heteroatoms. The van der Waals surface area contributed by atoms with Gasteiger partial charge in [0.1, 0.15) is 40.2 Å². The first-order valence-corrected chi connectivity index (χ1v) is 14.2. The van der Waals surface area contributed by atoms with Gasteiger partial charge in [-0.25, -0.2) is 18.7 Å². The van der Waals surface area contributed by atoms with E-state index in [9.17, 15) is 23.8 Å². The van der Waals surface area contributed by atoms with Crippen LogP contribution in [-0.4, -0.2) is 60.3 Å². The lowest BCUT2D eigenvalue weighted by atomic mass is 10.1. The highest BCUT2D eigenvalue weighted by Crippen LogP contribution is 2.44. The van der Waals surface area contributed by atoms with Gasteiger partial charge in [-0.3, -0.25) is 9.78 Å². The summed E-state index contributed by atoms with van der Waals surface area (Å²) in [6, 6.07) is 4.26. The van der Waals surface area contributed by atoms with Crippen molar-refractivity contribution in [2.75, 3.05) is 10.6 Å². The van der Waals surface area contributed by atoms with Gasteiger partial charge in [0.05, 0.1) is 33.7 Å². The number of amides is 1. The number of nitrogens with zero attached hydrogens (tertiary/aromatic N) is 4. The predicted molar refractivity (Wildman–Crippen MR) is 150 cm³/mol. The lowest BCUT2D eigenvalue weighted by molar-refractivity contribution is -0.120. The number of carbonyl (C=O) groups excluding carboxylic acids is 1. The molecule has 214 valence electrons. The van der Waals surface area contributed by atoms with E-state index >= 15 is 0 Å². The van der Waals surface area contributed by atoms with Crippen LogP contribution in [0.1, 0.15) is 49.1 Å². The number of fused-ring (bicyclic) bond motifs is 1. The Morgan fingerprint density at radius 2 is 1.80 bits per heavy atom. The Kier molecular flexibility index (Phi) is 7.26. The maximum atomic E-state index is 14.2. The van der Waals surface area contributed by atoms with Crippen LogP contribution in [0.5, 0.6) is 0 Å². The smallest absolute Gasteiger partial charge is 0.225 e. The van der Waals surface area contributed by atoms with E-state index in [0.717, 1.165) is 28.8 Å². The molecule has 2 aliphatic rings. The first-order valence-electron chi connectivity index (χ1n) is 13.4. The van der Waals surface area contributed by atoms with Crippen molar-refractivity contribution in [3.8, 4) is 10.6 Å². The number of benzene rings is 1. The number of carbonyl (C=O) groups is 1. The van der Waals surface area contributed by atoms with E-state index in [1.54, 1.807) is 13.1 Å². The molecule has 2 fully saturated rings. The van der Waals surface area contributed by atoms with Crippen molar-refractivity contribution in [1.82, 2.24) is 25.3 Å². The summed E-state index contributed by atoms with van der Waals surface area (Å²) in [5, 5.41) is 30.8. The SMILES string of the molecule is CC(=O)N[C@H]1C[C@@H](Nc2nc(NCc3c(F)cccc3F)nc(C)c2-c2nc3c(C4CC4)nccc3s2)[C@H](O)[C@@H]1O. The number of nitrogens with one attached hydrogen (secondary N) is 3. The largest absolute Gasteiger partial charge is 0.388 e. The summed E-state index contributed by atoms with van der Waals surface area (Å²) in [5.74, 6) is -0.855. The number of aryl methyl sites for hydroxylation is 1. The number of anilines is 2. The molecule has 6 rings (SSSR count). The van der Waals surface area contributed by atoms with E-state index in [1.807, 2.05) is 6.07 Å². The number of aliphatic hydroxyl groups is 2. The minimum Gasteiger partial charge on any atom is -0.388 e. The molecule has 0 spiro atoms. The zero-order valence-electron chi connectivity index (χ0n) is 22.4. The van der Waals surface area contributed by atoms with Crippen molar-refractivity contribution >= 4 is 39.2 Å². The average Bonchev–Trinajstić information content (AvgIpc) is 3.63. The van der Waals surface area contributed by atoms with E-state index in [-0.39, 0.29) is 30.4 Å². The zero-order valence-corrected chi connectivity index (χ0v) is 23.2. The van der Waals surface area contributed by atoms with Crippen molar-refractivity contribution in [3.63, 3.8) is 0 Å². The van der Waals surface area contributed by atoms with Gasteiger partial charge < -0.3 is 26.2 Å². The maximum absolute atomic E-state index is 14.2. The highest BCUT2D eigenvalue weighted by atomic mass is 32.1. The third kappa shape index (κ3) is 5.44. The minimum atomic E-state index is -1.19. The molecule has 0 saturated heterocycles. The van der Waals surface area contributed by atoms with Gasteiger partial charge in [-0.1, -0.05) is 6.07 Å². The summed E-state index contributed by atoms with van der Waals surface area (Å²) < 4.78 is 29.5. The number of aliphatic hydroxyl groups excluding tert-OH is 2. The number of hydrogen-bond acceptors (Lipinski definition) is 10. The highest BCUT2D eigenvalue weighted by Gasteiger charge is 2.42. The molecule has 2 aliphatic carbocycles. The summed E-state index contributed by atoms with van der Waals surface area (Å²) in [7, 11) is 0. The van der Waals surface area contributed by atoms with Gasteiger partial charge in [0.2, 0.25) is 11.9 Å².